The van der Waals surface area contributed by atoms with Gasteiger partial charge in [0.05, 0.1) is 5.02 Å². The summed E-state index contributed by atoms with van der Waals surface area (Å²) < 4.78 is 31.7. The Balaban J connectivity index is 2.10. The van der Waals surface area contributed by atoms with E-state index in [1.807, 2.05) is 0 Å². The third-order valence-corrected chi connectivity index (χ3v) is 4.74. The Hall–Kier alpha value is -1.64. The van der Waals surface area contributed by atoms with Crippen LogP contribution in [0.2, 0.25) is 5.02 Å². The molecule has 0 fully saturated rings. The molecule has 1 aromatic heterocycles. The number of hydrogen-bond acceptors (Lipinski definition) is 6. The van der Waals surface area contributed by atoms with E-state index in [-0.39, 0.29) is 16.5 Å². The van der Waals surface area contributed by atoms with Crippen LogP contribution in [0.1, 0.15) is 17.3 Å². The number of nitrogens with zero attached hydrogens (tertiary/aromatic N) is 2. The summed E-state index contributed by atoms with van der Waals surface area (Å²) in [5.74, 6) is 0.868. The maximum Gasteiger partial charge on any atom is 0.242 e. The number of nitrogens with two attached hydrogens (primary N) is 1. The van der Waals surface area contributed by atoms with Crippen molar-refractivity contribution in [3.63, 3.8) is 0 Å². The van der Waals surface area contributed by atoms with Crippen molar-refractivity contribution in [1.82, 2.24) is 14.9 Å². The normalized spacial score (nSPS) is 11.8. The molecule has 1 heterocycles. The van der Waals surface area contributed by atoms with Crippen molar-refractivity contribution in [2.45, 2.75) is 25.2 Å². The molecule has 0 saturated heterocycles. The van der Waals surface area contributed by atoms with Crippen molar-refractivity contribution in [1.29, 1.82) is 0 Å². The first-order valence-corrected chi connectivity index (χ1v) is 8.00. The minimum Gasteiger partial charge on any atom is -0.398 e. The van der Waals surface area contributed by atoms with Gasteiger partial charge in [-0.2, -0.15) is 4.98 Å². The molecule has 9 heteroatoms. The predicted molar refractivity (Wildman–Crippen MR) is 78.5 cm³/mol. The number of aromatic nitrogens is 2. The van der Waals surface area contributed by atoms with E-state index < -0.39 is 10.0 Å². The quantitative estimate of drug-likeness (QED) is 0.802. The molecule has 0 saturated carbocycles. The number of rotatable bonds is 5. The van der Waals surface area contributed by atoms with Gasteiger partial charge in [-0.15, -0.1) is 0 Å². The zero-order chi connectivity index (χ0) is 15.6. The molecule has 0 spiro atoms. The summed E-state index contributed by atoms with van der Waals surface area (Å²) in [5, 5.41) is 3.75. The zero-order valence-corrected chi connectivity index (χ0v) is 13.1. The van der Waals surface area contributed by atoms with Gasteiger partial charge in [0.25, 0.3) is 0 Å². The molecule has 0 radical (unpaired) electrons. The lowest BCUT2D eigenvalue weighted by Gasteiger charge is -2.10. The van der Waals surface area contributed by atoms with Gasteiger partial charge in [0.2, 0.25) is 15.9 Å². The number of nitrogens with one attached hydrogen (secondary N) is 1. The molecule has 0 aliphatic rings. The maximum absolute atomic E-state index is 12.2. The largest absolute Gasteiger partial charge is 0.398 e. The summed E-state index contributed by atoms with van der Waals surface area (Å²) in [6.07, 6.45) is 0.291. The molecule has 0 amide bonds. The summed E-state index contributed by atoms with van der Waals surface area (Å²) in [6.45, 7) is 3.56. The SMILES string of the molecule is Cc1noc(CCNS(=O)(=O)c2cc(N)c(C)cc2Cl)n1. The van der Waals surface area contributed by atoms with E-state index >= 15 is 0 Å². The Morgan fingerprint density at radius 1 is 1.38 bits per heavy atom. The van der Waals surface area contributed by atoms with Crippen LogP contribution in [0.15, 0.2) is 21.6 Å². The van der Waals surface area contributed by atoms with Gasteiger partial charge in [0, 0.05) is 18.7 Å². The maximum atomic E-state index is 12.2. The van der Waals surface area contributed by atoms with Gasteiger partial charge < -0.3 is 10.3 Å². The minimum absolute atomic E-state index is 0.0472. The van der Waals surface area contributed by atoms with Gasteiger partial charge in [0.1, 0.15) is 4.90 Å². The molecule has 0 aliphatic heterocycles. The molecule has 0 atom stereocenters. The van der Waals surface area contributed by atoms with Crippen LogP contribution in [0.5, 0.6) is 0 Å². The molecule has 1 aromatic carbocycles. The number of hydrogen-bond donors (Lipinski definition) is 2. The standard InChI is InChI=1S/C12H15ClN4O3S/c1-7-5-9(13)11(6-10(7)14)21(18,19)15-4-3-12-16-8(2)17-20-12/h5-6,15H,3-4,14H2,1-2H3. The number of sulfonamides is 1. The summed E-state index contributed by atoms with van der Waals surface area (Å²) in [7, 11) is -3.75. The van der Waals surface area contributed by atoms with E-state index in [0.29, 0.717) is 23.8 Å². The van der Waals surface area contributed by atoms with Gasteiger partial charge in [-0.25, -0.2) is 13.1 Å². The van der Waals surface area contributed by atoms with E-state index in [0.717, 1.165) is 5.56 Å². The van der Waals surface area contributed by atoms with E-state index in [2.05, 4.69) is 14.9 Å². The van der Waals surface area contributed by atoms with Crippen molar-refractivity contribution >= 4 is 27.3 Å². The molecule has 7 nitrogen and oxygen atoms in total. The fourth-order valence-electron chi connectivity index (χ4n) is 1.69. The van der Waals surface area contributed by atoms with E-state index in [1.54, 1.807) is 13.8 Å². The van der Waals surface area contributed by atoms with Crippen LogP contribution in [0.3, 0.4) is 0 Å². The van der Waals surface area contributed by atoms with E-state index in [4.69, 9.17) is 21.9 Å². The van der Waals surface area contributed by atoms with Crippen molar-refractivity contribution in [3.8, 4) is 0 Å². The van der Waals surface area contributed by atoms with Crippen molar-refractivity contribution in [2.75, 3.05) is 12.3 Å². The van der Waals surface area contributed by atoms with Crippen molar-refractivity contribution in [3.05, 3.63) is 34.4 Å². The molecular formula is C12H15ClN4O3S. The van der Waals surface area contributed by atoms with Crippen LogP contribution in [0, 0.1) is 13.8 Å². The fraction of sp³-hybridized carbons (Fsp3) is 0.333. The minimum atomic E-state index is -3.75. The Bertz CT molecular complexity index is 758. The van der Waals surface area contributed by atoms with E-state index in [9.17, 15) is 8.42 Å². The first kappa shape index (κ1) is 15.7. The summed E-state index contributed by atoms with van der Waals surface area (Å²) >= 11 is 5.97. The molecule has 114 valence electrons. The molecule has 21 heavy (non-hydrogen) atoms. The first-order chi connectivity index (χ1) is 9.79. The summed E-state index contributed by atoms with van der Waals surface area (Å²) in [5.41, 5.74) is 6.81. The topological polar surface area (TPSA) is 111 Å². The molecule has 0 unspecified atom stereocenters. The Kier molecular flexibility index (Phi) is 4.50. The smallest absolute Gasteiger partial charge is 0.242 e. The van der Waals surface area contributed by atoms with Crippen LogP contribution in [-0.4, -0.2) is 25.1 Å². The fourth-order valence-corrected chi connectivity index (χ4v) is 3.33. The summed E-state index contributed by atoms with van der Waals surface area (Å²) in [6, 6.07) is 2.86. The van der Waals surface area contributed by atoms with Crippen LogP contribution in [0.25, 0.3) is 0 Å². The molecule has 0 aliphatic carbocycles. The molecule has 2 aromatic rings. The van der Waals surface area contributed by atoms with Gasteiger partial charge in [-0.05, 0) is 31.5 Å². The highest BCUT2D eigenvalue weighted by Gasteiger charge is 2.19. The second-order valence-electron chi connectivity index (χ2n) is 4.52. The number of nitrogen functional groups attached to an aromatic ring is 1. The average molecular weight is 331 g/mol. The third kappa shape index (κ3) is 3.72. The Morgan fingerprint density at radius 3 is 2.71 bits per heavy atom. The van der Waals surface area contributed by atoms with Crippen LogP contribution in [0.4, 0.5) is 5.69 Å². The number of benzene rings is 1. The van der Waals surface area contributed by atoms with Gasteiger partial charge >= 0.3 is 0 Å². The Labute approximate surface area is 127 Å². The predicted octanol–water partition coefficient (Wildman–Crippen LogP) is 1.44. The first-order valence-electron chi connectivity index (χ1n) is 6.14. The average Bonchev–Trinajstić information content (AvgIpc) is 2.79. The molecule has 2 rings (SSSR count). The lowest BCUT2D eigenvalue weighted by atomic mass is 10.2. The third-order valence-electron chi connectivity index (χ3n) is 2.81. The molecular weight excluding hydrogens is 316 g/mol. The van der Waals surface area contributed by atoms with E-state index in [1.165, 1.54) is 12.1 Å². The van der Waals surface area contributed by atoms with Crippen molar-refractivity contribution < 1.29 is 12.9 Å². The molecule has 0 bridgehead atoms. The highest BCUT2D eigenvalue weighted by molar-refractivity contribution is 7.89. The van der Waals surface area contributed by atoms with Crippen LogP contribution >= 0.6 is 11.6 Å². The summed E-state index contributed by atoms with van der Waals surface area (Å²) in [4.78, 5) is 3.94. The second kappa shape index (κ2) is 6.00. The van der Waals surface area contributed by atoms with Gasteiger partial charge in [-0.1, -0.05) is 16.8 Å². The second-order valence-corrected chi connectivity index (χ2v) is 6.66. The lowest BCUT2D eigenvalue weighted by molar-refractivity contribution is 0.375. The monoisotopic (exact) mass is 330 g/mol. The molecule has 3 N–H and O–H groups in total. The van der Waals surface area contributed by atoms with Crippen LogP contribution < -0.4 is 10.5 Å². The van der Waals surface area contributed by atoms with Crippen molar-refractivity contribution in [2.24, 2.45) is 0 Å². The van der Waals surface area contributed by atoms with Gasteiger partial charge in [0.15, 0.2) is 5.82 Å². The lowest BCUT2D eigenvalue weighted by Crippen LogP contribution is -2.26. The van der Waals surface area contributed by atoms with Crippen LogP contribution in [-0.2, 0) is 16.4 Å². The zero-order valence-electron chi connectivity index (χ0n) is 11.6. The number of aryl methyl sites for hydroxylation is 2. The van der Waals surface area contributed by atoms with Gasteiger partial charge in [-0.3, -0.25) is 0 Å². The number of halogens is 1. The highest BCUT2D eigenvalue weighted by Crippen LogP contribution is 2.26. The Morgan fingerprint density at radius 2 is 2.10 bits per heavy atom. The highest BCUT2D eigenvalue weighted by atomic mass is 35.5. The number of anilines is 1.